The van der Waals surface area contributed by atoms with Gasteiger partial charge in [0.05, 0.1) is 19.3 Å². The Morgan fingerprint density at radius 3 is 1.40 bits per heavy atom. The maximum absolute atomic E-state index is 8.19. The number of benzene rings is 1. The van der Waals surface area contributed by atoms with Crippen LogP contribution >= 0.6 is 0 Å². The zero-order valence-corrected chi connectivity index (χ0v) is 10.3. The quantitative estimate of drug-likeness (QED) is 0.834. The summed E-state index contributed by atoms with van der Waals surface area (Å²) in [6, 6.07) is 12.0. The van der Waals surface area contributed by atoms with Crippen molar-refractivity contribution in [2.24, 2.45) is 0 Å². The molecule has 0 amide bonds. The number of hydrogen-bond donors (Lipinski definition) is 1. The summed E-state index contributed by atoms with van der Waals surface area (Å²) in [6.45, 7) is 8.46. The largest absolute Gasteiger partial charge is 0.394 e. The third kappa shape index (κ3) is 19.5. The second-order valence-electron chi connectivity index (χ2n) is 2.80. The van der Waals surface area contributed by atoms with E-state index in [2.05, 4.69) is 0 Å². The van der Waals surface area contributed by atoms with Crippen molar-refractivity contribution >= 4 is 0 Å². The van der Waals surface area contributed by atoms with Gasteiger partial charge in [0.2, 0.25) is 0 Å². The van der Waals surface area contributed by atoms with Crippen molar-refractivity contribution in [1.82, 2.24) is 0 Å². The first-order chi connectivity index (χ1) is 7.27. The second-order valence-corrected chi connectivity index (χ2v) is 2.80. The molecule has 1 aromatic rings. The number of ether oxygens (including phenoxy) is 1. The minimum absolute atomic E-state index is 0.123. The van der Waals surface area contributed by atoms with Crippen LogP contribution in [0, 0.1) is 0 Å². The fourth-order valence-corrected chi connectivity index (χ4v) is 0.673. The van der Waals surface area contributed by atoms with Crippen LogP contribution in [0.15, 0.2) is 36.4 Å². The van der Waals surface area contributed by atoms with Gasteiger partial charge in [0, 0.05) is 0 Å². The van der Waals surface area contributed by atoms with Crippen LogP contribution in [0.1, 0.15) is 27.7 Å². The van der Waals surface area contributed by atoms with Gasteiger partial charge in [0.15, 0.2) is 0 Å². The molecule has 0 heterocycles. The lowest BCUT2D eigenvalue weighted by molar-refractivity contribution is 0.0494. The predicted molar refractivity (Wildman–Crippen MR) is 66.0 cm³/mol. The van der Waals surface area contributed by atoms with E-state index >= 15 is 0 Å². The molecule has 0 atom stereocenters. The van der Waals surface area contributed by atoms with Crippen LogP contribution < -0.4 is 0 Å². The van der Waals surface area contributed by atoms with E-state index in [0.29, 0.717) is 6.61 Å². The van der Waals surface area contributed by atoms with Gasteiger partial charge in [-0.25, -0.2) is 0 Å². The first kappa shape index (κ1) is 16.6. The monoisotopic (exact) mass is 212 g/mol. The summed E-state index contributed by atoms with van der Waals surface area (Å²) in [5.41, 5.74) is 0. The Balaban J connectivity index is 0. The van der Waals surface area contributed by atoms with E-state index in [1.807, 2.05) is 64.1 Å². The van der Waals surface area contributed by atoms with Crippen LogP contribution in [0.2, 0.25) is 0 Å². The molecule has 0 spiro atoms. The van der Waals surface area contributed by atoms with Gasteiger partial charge >= 0.3 is 0 Å². The Labute approximate surface area is 93.9 Å². The lowest BCUT2D eigenvalue weighted by atomic mass is 10.4. The smallest absolute Gasteiger partial charge is 0.0701 e. The maximum atomic E-state index is 8.19. The molecule has 0 aliphatic carbocycles. The van der Waals surface area contributed by atoms with Crippen LogP contribution in [0.3, 0.4) is 0 Å². The normalized spacial score (nSPS) is 8.40. The standard InChI is InChI=1S/C6H6.C5H12O2.C2H6/c1-2-4-6-5-3-1;1-5(2)7-4-3-6;1-2/h1-6H;5-6H,3-4H2,1-2H3;1-2H3. The molecule has 0 fully saturated rings. The van der Waals surface area contributed by atoms with Crippen LogP contribution in [-0.4, -0.2) is 24.4 Å². The Morgan fingerprint density at radius 1 is 0.933 bits per heavy atom. The van der Waals surface area contributed by atoms with Gasteiger partial charge in [-0.05, 0) is 13.8 Å². The van der Waals surface area contributed by atoms with Crippen molar-refractivity contribution in [3.8, 4) is 0 Å². The molecule has 0 radical (unpaired) electrons. The Bertz CT molecular complexity index is 146. The Morgan fingerprint density at radius 2 is 1.27 bits per heavy atom. The van der Waals surface area contributed by atoms with Crippen LogP contribution in [0.25, 0.3) is 0 Å². The van der Waals surface area contributed by atoms with E-state index in [1.165, 1.54) is 0 Å². The van der Waals surface area contributed by atoms with Gasteiger partial charge in [-0.3, -0.25) is 0 Å². The van der Waals surface area contributed by atoms with Crippen molar-refractivity contribution in [2.45, 2.75) is 33.8 Å². The highest BCUT2D eigenvalue weighted by atomic mass is 16.5. The van der Waals surface area contributed by atoms with Crippen LogP contribution in [-0.2, 0) is 4.74 Å². The fraction of sp³-hybridized carbons (Fsp3) is 0.538. The van der Waals surface area contributed by atoms with Gasteiger partial charge in [-0.1, -0.05) is 50.2 Å². The molecule has 15 heavy (non-hydrogen) atoms. The van der Waals surface area contributed by atoms with E-state index in [1.54, 1.807) is 0 Å². The lowest BCUT2D eigenvalue weighted by Crippen LogP contribution is -2.06. The molecule has 1 aromatic carbocycles. The highest BCUT2D eigenvalue weighted by Gasteiger charge is 1.87. The van der Waals surface area contributed by atoms with Crippen LogP contribution in [0.4, 0.5) is 0 Å². The molecular formula is C13H24O2. The summed E-state index contributed by atoms with van der Waals surface area (Å²) >= 11 is 0. The van der Waals surface area contributed by atoms with Crippen molar-refractivity contribution in [1.29, 1.82) is 0 Å². The average molecular weight is 212 g/mol. The van der Waals surface area contributed by atoms with Crippen molar-refractivity contribution in [3.63, 3.8) is 0 Å². The molecule has 1 N–H and O–H groups in total. The summed E-state index contributed by atoms with van der Waals surface area (Å²) in [5, 5.41) is 8.19. The summed E-state index contributed by atoms with van der Waals surface area (Å²) in [7, 11) is 0. The molecule has 0 aromatic heterocycles. The molecule has 0 aliphatic heterocycles. The van der Waals surface area contributed by atoms with Crippen molar-refractivity contribution in [2.75, 3.05) is 13.2 Å². The van der Waals surface area contributed by atoms with E-state index in [-0.39, 0.29) is 12.7 Å². The van der Waals surface area contributed by atoms with Gasteiger partial charge in [0.1, 0.15) is 0 Å². The molecule has 1 rings (SSSR count). The molecule has 2 heteroatoms. The third-order valence-electron chi connectivity index (χ3n) is 1.21. The summed E-state index contributed by atoms with van der Waals surface area (Å²) in [4.78, 5) is 0. The van der Waals surface area contributed by atoms with Crippen LogP contribution in [0.5, 0.6) is 0 Å². The minimum atomic E-state index is 0.123. The Kier molecular flexibility index (Phi) is 17.2. The molecule has 0 bridgehead atoms. The summed E-state index contributed by atoms with van der Waals surface area (Å²) in [6.07, 6.45) is 0.243. The fourth-order valence-electron chi connectivity index (χ4n) is 0.673. The zero-order chi connectivity index (χ0) is 11.9. The highest BCUT2D eigenvalue weighted by molar-refractivity contribution is 4.99. The summed E-state index contributed by atoms with van der Waals surface area (Å²) < 4.78 is 4.94. The topological polar surface area (TPSA) is 29.5 Å². The lowest BCUT2D eigenvalue weighted by Gasteiger charge is -2.02. The van der Waals surface area contributed by atoms with Gasteiger partial charge < -0.3 is 9.84 Å². The predicted octanol–water partition coefficient (Wildman–Crippen LogP) is 3.12. The number of hydrogen-bond acceptors (Lipinski definition) is 2. The SMILES string of the molecule is CC.CC(C)OCCO.c1ccccc1. The van der Waals surface area contributed by atoms with Crippen molar-refractivity contribution < 1.29 is 9.84 Å². The number of rotatable bonds is 3. The van der Waals surface area contributed by atoms with Gasteiger partial charge in [-0.2, -0.15) is 0 Å². The van der Waals surface area contributed by atoms with E-state index in [9.17, 15) is 0 Å². The maximum Gasteiger partial charge on any atom is 0.0701 e. The van der Waals surface area contributed by atoms with E-state index < -0.39 is 0 Å². The third-order valence-corrected chi connectivity index (χ3v) is 1.21. The average Bonchev–Trinajstić information content (AvgIpc) is 2.32. The van der Waals surface area contributed by atoms with E-state index in [0.717, 1.165) is 0 Å². The molecule has 0 aliphatic rings. The molecule has 0 saturated carbocycles. The first-order valence-corrected chi connectivity index (χ1v) is 5.50. The van der Waals surface area contributed by atoms with Gasteiger partial charge in [0.25, 0.3) is 0 Å². The van der Waals surface area contributed by atoms with E-state index in [4.69, 9.17) is 9.84 Å². The number of aliphatic hydroxyl groups is 1. The van der Waals surface area contributed by atoms with Crippen molar-refractivity contribution in [3.05, 3.63) is 36.4 Å². The number of aliphatic hydroxyl groups excluding tert-OH is 1. The zero-order valence-electron chi connectivity index (χ0n) is 10.3. The second kappa shape index (κ2) is 15.6. The Hall–Kier alpha value is -0.860. The summed E-state index contributed by atoms with van der Waals surface area (Å²) in [5.74, 6) is 0. The molecule has 0 unspecified atom stereocenters. The highest BCUT2D eigenvalue weighted by Crippen LogP contribution is 1.83. The molecule has 0 saturated heterocycles. The molecule has 88 valence electrons. The minimum Gasteiger partial charge on any atom is -0.394 e. The molecular weight excluding hydrogens is 188 g/mol. The molecule has 2 nitrogen and oxygen atoms in total. The van der Waals surface area contributed by atoms with Gasteiger partial charge in [-0.15, -0.1) is 0 Å². The first-order valence-electron chi connectivity index (χ1n) is 5.50.